The maximum Gasteiger partial charge on any atom is 0.348 e. The lowest BCUT2D eigenvalue weighted by atomic mass is 9.88. The van der Waals surface area contributed by atoms with E-state index in [1.165, 1.54) is 0 Å². The smallest absolute Gasteiger partial charge is 0.348 e. The van der Waals surface area contributed by atoms with Crippen LogP contribution in [0.3, 0.4) is 0 Å². The number of aromatic amines is 1. The van der Waals surface area contributed by atoms with Gasteiger partial charge in [0.25, 0.3) is 0 Å². The van der Waals surface area contributed by atoms with Gasteiger partial charge in [-0.2, -0.15) is 0 Å². The van der Waals surface area contributed by atoms with Crippen molar-refractivity contribution in [1.29, 1.82) is 0 Å². The topological polar surface area (TPSA) is 137 Å². The molecule has 0 aliphatic carbocycles. The number of aromatic nitrogens is 4. The first kappa shape index (κ1) is 27.8. The highest BCUT2D eigenvalue weighted by Crippen LogP contribution is 2.36. The Bertz CT molecular complexity index is 1360. The first-order chi connectivity index (χ1) is 18.8. The Morgan fingerprint density at radius 1 is 1.15 bits per heavy atom. The zero-order chi connectivity index (χ0) is 27.7. The van der Waals surface area contributed by atoms with Gasteiger partial charge in [-0.05, 0) is 19.3 Å². The van der Waals surface area contributed by atoms with Gasteiger partial charge in [-0.25, -0.2) is 19.7 Å². The Kier molecular flexibility index (Phi) is 8.38. The molecule has 5 heterocycles. The highest BCUT2D eigenvalue weighted by molar-refractivity contribution is 7.17. The fourth-order valence-corrected chi connectivity index (χ4v) is 6.39. The molecule has 208 valence electrons. The van der Waals surface area contributed by atoms with Crippen molar-refractivity contribution in [2.45, 2.75) is 25.9 Å². The second-order valence-corrected chi connectivity index (χ2v) is 11.4. The van der Waals surface area contributed by atoms with Crippen LogP contribution in [0.2, 0.25) is 10.0 Å². The van der Waals surface area contributed by atoms with Crippen LogP contribution in [-0.2, 0) is 4.74 Å². The summed E-state index contributed by atoms with van der Waals surface area (Å²) in [6.45, 7) is 6.25. The molecule has 0 spiro atoms. The number of halogens is 2. The molecule has 5 rings (SSSR count). The van der Waals surface area contributed by atoms with Gasteiger partial charge in [0.15, 0.2) is 10.9 Å². The number of carbonyl (C=O) groups excluding carboxylic acids is 1. The SMILES string of the molecule is CO[C@H]1CN(c2nc(-c3cnc(N4CCNCC4)cn3)c(C(=O)O)s2)CC[C@H]1CC(=O)c1[nH]c(C)c(Cl)c1Cl. The maximum atomic E-state index is 13.0. The summed E-state index contributed by atoms with van der Waals surface area (Å²) < 4.78 is 5.76. The number of aromatic carboxylic acids is 1. The second-order valence-electron chi connectivity index (χ2n) is 9.63. The van der Waals surface area contributed by atoms with E-state index in [4.69, 9.17) is 27.9 Å². The van der Waals surface area contributed by atoms with Crippen LogP contribution in [-0.4, -0.2) is 89.3 Å². The summed E-state index contributed by atoms with van der Waals surface area (Å²) in [4.78, 5) is 46.0. The minimum atomic E-state index is -1.07. The number of ether oxygens (including phenoxy) is 1. The zero-order valence-electron chi connectivity index (χ0n) is 21.5. The van der Waals surface area contributed by atoms with E-state index < -0.39 is 5.97 Å². The predicted molar refractivity (Wildman–Crippen MR) is 151 cm³/mol. The van der Waals surface area contributed by atoms with Crippen LogP contribution in [0.15, 0.2) is 12.4 Å². The minimum Gasteiger partial charge on any atom is -0.477 e. The Balaban J connectivity index is 1.31. The van der Waals surface area contributed by atoms with Crippen LogP contribution >= 0.6 is 34.5 Å². The Morgan fingerprint density at radius 3 is 2.54 bits per heavy atom. The Morgan fingerprint density at radius 2 is 1.92 bits per heavy atom. The van der Waals surface area contributed by atoms with Gasteiger partial charge in [0, 0.05) is 58.5 Å². The standard InChI is InChI=1S/C25H29Cl2N7O4S/c1-13-19(26)20(27)22(31-13)16(35)9-14-3-6-34(12-17(14)38-2)25-32-21(23(39-25)24(36)37)15-10-30-18(11-29-15)33-7-4-28-5-8-33/h10-11,14,17,28,31H,3-9,12H2,1-2H3,(H,36,37)/t14-,17-/m0/s1. The van der Waals surface area contributed by atoms with Crippen LogP contribution in [0.25, 0.3) is 11.4 Å². The fraction of sp³-hybridized carbons (Fsp3) is 0.480. The van der Waals surface area contributed by atoms with E-state index in [1.54, 1.807) is 26.4 Å². The molecule has 2 aliphatic rings. The fourth-order valence-electron chi connectivity index (χ4n) is 5.01. The van der Waals surface area contributed by atoms with E-state index in [9.17, 15) is 14.7 Å². The van der Waals surface area contributed by atoms with Crippen molar-refractivity contribution >= 4 is 57.2 Å². The van der Waals surface area contributed by atoms with Crippen LogP contribution in [0.4, 0.5) is 10.9 Å². The molecule has 0 amide bonds. The number of hydrogen-bond acceptors (Lipinski definition) is 10. The number of nitrogens with one attached hydrogen (secondary N) is 2. The predicted octanol–water partition coefficient (Wildman–Crippen LogP) is 3.77. The van der Waals surface area contributed by atoms with Gasteiger partial charge in [-0.1, -0.05) is 34.5 Å². The summed E-state index contributed by atoms with van der Waals surface area (Å²) in [5, 5.41) is 14.4. The lowest BCUT2D eigenvalue weighted by molar-refractivity contribution is 0.0375. The molecular formula is C25H29Cl2N7O4S. The number of hydrogen-bond donors (Lipinski definition) is 3. The van der Waals surface area contributed by atoms with Crippen molar-refractivity contribution in [2.75, 3.05) is 56.2 Å². The lowest BCUT2D eigenvalue weighted by Gasteiger charge is -2.37. The van der Waals surface area contributed by atoms with E-state index in [1.807, 2.05) is 4.90 Å². The molecule has 0 saturated carbocycles. The molecular weight excluding hydrogens is 565 g/mol. The molecule has 39 heavy (non-hydrogen) atoms. The highest BCUT2D eigenvalue weighted by atomic mass is 35.5. The molecule has 0 radical (unpaired) electrons. The van der Waals surface area contributed by atoms with Crippen molar-refractivity contribution < 1.29 is 19.4 Å². The number of carboxylic acid groups (broad SMARTS) is 1. The van der Waals surface area contributed by atoms with E-state index in [0.29, 0.717) is 52.4 Å². The maximum absolute atomic E-state index is 13.0. The van der Waals surface area contributed by atoms with Gasteiger partial charge in [0.1, 0.15) is 27.8 Å². The third kappa shape index (κ3) is 5.75. The molecule has 3 aromatic rings. The van der Waals surface area contributed by atoms with E-state index in [-0.39, 0.29) is 34.1 Å². The third-order valence-corrected chi connectivity index (χ3v) is 9.23. The van der Waals surface area contributed by atoms with E-state index in [2.05, 4.69) is 30.2 Å². The first-order valence-corrected chi connectivity index (χ1v) is 14.2. The molecule has 14 heteroatoms. The van der Waals surface area contributed by atoms with Crippen LogP contribution in [0.1, 0.15) is 38.7 Å². The van der Waals surface area contributed by atoms with Gasteiger partial charge >= 0.3 is 5.97 Å². The molecule has 11 nitrogen and oxygen atoms in total. The average molecular weight is 595 g/mol. The summed E-state index contributed by atoms with van der Waals surface area (Å²) in [5.74, 6) is -0.477. The van der Waals surface area contributed by atoms with E-state index >= 15 is 0 Å². The molecule has 2 fully saturated rings. The Hall–Kier alpha value is -2.77. The van der Waals surface area contributed by atoms with Crippen LogP contribution < -0.4 is 15.1 Å². The summed E-state index contributed by atoms with van der Waals surface area (Å²) in [5.41, 5.74) is 1.67. The minimum absolute atomic E-state index is 0.0426. The molecule has 0 unspecified atom stereocenters. The quantitative estimate of drug-likeness (QED) is 0.331. The van der Waals surface area contributed by atoms with Crippen molar-refractivity contribution in [3.8, 4) is 11.4 Å². The number of anilines is 2. The number of ketones is 1. The molecule has 2 atom stereocenters. The van der Waals surface area contributed by atoms with Crippen molar-refractivity contribution in [1.82, 2.24) is 25.3 Å². The second kappa shape index (κ2) is 11.8. The van der Waals surface area contributed by atoms with Gasteiger partial charge in [-0.3, -0.25) is 4.79 Å². The number of piperazine rings is 1. The number of piperidine rings is 1. The number of aryl methyl sites for hydroxylation is 1. The third-order valence-electron chi connectivity index (χ3n) is 7.18. The highest BCUT2D eigenvalue weighted by Gasteiger charge is 2.34. The number of nitrogens with zero attached hydrogens (tertiary/aromatic N) is 5. The van der Waals surface area contributed by atoms with E-state index in [0.717, 1.165) is 43.3 Å². The van der Waals surface area contributed by atoms with Gasteiger partial charge in [0.05, 0.1) is 28.5 Å². The summed E-state index contributed by atoms with van der Waals surface area (Å²) in [7, 11) is 1.61. The molecule has 0 bridgehead atoms. The number of methoxy groups -OCH3 is 1. The molecule has 3 aromatic heterocycles. The zero-order valence-corrected chi connectivity index (χ0v) is 23.9. The summed E-state index contributed by atoms with van der Waals surface area (Å²) in [6.07, 6.45) is 3.90. The number of carboxylic acids is 1. The largest absolute Gasteiger partial charge is 0.477 e. The molecule has 2 saturated heterocycles. The van der Waals surface area contributed by atoms with Crippen molar-refractivity contribution in [2.24, 2.45) is 5.92 Å². The number of rotatable bonds is 8. The lowest BCUT2D eigenvalue weighted by Crippen LogP contribution is -2.45. The van der Waals surface area contributed by atoms with Crippen molar-refractivity contribution in [3.63, 3.8) is 0 Å². The number of Topliss-reactive ketones (excluding diaryl/α,β-unsaturated/α-hetero) is 1. The van der Waals surface area contributed by atoms with Gasteiger partial charge in [-0.15, -0.1) is 0 Å². The summed E-state index contributed by atoms with van der Waals surface area (Å²) in [6, 6.07) is 0. The monoisotopic (exact) mass is 593 g/mol. The first-order valence-electron chi connectivity index (χ1n) is 12.6. The molecule has 2 aliphatic heterocycles. The normalized spacial score (nSPS) is 19.9. The number of H-pyrrole nitrogens is 1. The Labute approximate surface area is 239 Å². The van der Waals surface area contributed by atoms with Crippen LogP contribution in [0.5, 0.6) is 0 Å². The molecule has 0 aromatic carbocycles. The van der Waals surface area contributed by atoms with Gasteiger partial charge in [0.2, 0.25) is 0 Å². The van der Waals surface area contributed by atoms with Crippen molar-refractivity contribution in [3.05, 3.63) is 38.7 Å². The van der Waals surface area contributed by atoms with Gasteiger partial charge < -0.3 is 29.9 Å². The molecule has 3 N–H and O–H groups in total. The summed E-state index contributed by atoms with van der Waals surface area (Å²) >= 11 is 13.5. The number of thiazole rings is 1. The average Bonchev–Trinajstić information content (AvgIpc) is 3.51. The van der Waals surface area contributed by atoms with Crippen LogP contribution in [0, 0.1) is 12.8 Å². The number of carbonyl (C=O) groups is 2.